The number of carbonyl (C=O) groups excluding carboxylic acids is 2. The van der Waals surface area contributed by atoms with Crippen LogP contribution in [0.1, 0.15) is 25.2 Å². The van der Waals surface area contributed by atoms with Gasteiger partial charge in [-0.15, -0.1) is 0 Å². The average Bonchev–Trinajstić information content (AvgIpc) is 3.56. The van der Waals surface area contributed by atoms with E-state index in [2.05, 4.69) is 19.2 Å². The number of hydrogen-bond donors (Lipinski definition) is 1. The zero-order valence-corrected chi connectivity index (χ0v) is 22.0. The van der Waals surface area contributed by atoms with E-state index < -0.39 is 17.4 Å². The summed E-state index contributed by atoms with van der Waals surface area (Å²) in [6, 6.07) is 28.2. The Balaban J connectivity index is 1.40. The molecule has 3 aliphatic heterocycles. The van der Waals surface area contributed by atoms with Crippen LogP contribution in [0.3, 0.4) is 0 Å². The van der Waals surface area contributed by atoms with Gasteiger partial charge in [-0.3, -0.25) is 24.3 Å². The molecule has 4 atom stereocenters. The number of amides is 2. The van der Waals surface area contributed by atoms with Crippen LogP contribution in [0, 0.1) is 17.8 Å². The lowest BCUT2D eigenvalue weighted by molar-refractivity contribution is -0.123. The van der Waals surface area contributed by atoms with Gasteiger partial charge in [-0.1, -0.05) is 74.5 Å². The van der Waals surface area contributed by atoms with Gasteiger partial charge in [0.15, 0.2) is 0 Å². The predicted molar refractivity (Wildman–Crippen MR) is 153 cm³/mol. The van der Waals surface area contributed by atoms with Crippen molar-refractivity contribution in [1.29, 1.82) is 0 Å². The van der Waals surface area contributed by atoms with Crippen LogP contribution in [0.15, 0.2) is 95.8 Å². The van der Waals surface area contributed by atoms with Crippen molar-refractivity contribution in [2.75, 3.05) is 4.90 Å². The Bertz CT molecular complexity index is 1980. The molecular formula is C33H26N4O3. The SMILES string of the molecule is CC(C)[C@@H]1N[C@@]2(c3ccccc3-n3c2nc2ccccc2c3=O)[C@H]2C(=O)N(c3ccc4ccccc4c3)C(=O)[C@@H]12. The van der Waals surface area contributed by atoms with Gasteiger partial charge in [-0.2, -0.15) is 0 Å². The van der Waals surface area contributed by atoms with Gasteiger partial charge >= 0.3 is 0 Å². The van der Waals surface area contributed by atoms with Crippen LogP contribution in [0.25, 0.3) is 27.4 Å². The maximum absolute atomic E-state index is 14.6. The molecule has 0 radical (unpaired) electrons. The third-order valence-electron chi connectivity index (χ3n) is 9.01. The van der Waals surface area contributed by atoms with Crippen LogP contribution in [0.4, 0.5) is 5.69 Å². The molecule has 1 aromatic heterocycles. The van der Waals surface area contributed by atoms with Gasteiger partial charge in [0, 0.05) is 11.6 Å². The molecule has 40 heavy (non-hydrogen) atoms. The number of anilines is 1. The van der Waals surface area contributed by atoms with Crippen LogP contribution in [0.5, 0.6) is 0 Å². The van der Waals surface area contributed by atoms with Crippen molar-refractivity contribution in [3.05, 3.63) is 113 Å². The summed E-state index contributed by atoms with van der Waals surface area (Å²) in [5.41, 5.74) is 1.32. The Morgan fingerprint density at radius 1 is 0.825 bits per heavy atom. The largest absolute Gasteiger partial charge is 0.296 e. The highest BCUT2D eigenvalue weighted by Crippen LogP contribution is 2.56. The molecule has 8 rings (SSSR count). The number of carbonyl (C=O) groups is 2. The lowest BCUT2D eigenvalue weighted by Crippen LogP contribution is -2.51. The molecule has 5 aromatic rings. The maximum Gasteiger partial charge on any atom is 0.266 e. The van der Waals surface area contributed by atoms with Crippen LogP contribution in [-0.4, -0.2) is 27.4 Å². The highest BCUT2D eigenvalue weighted by Gasteiger charge is 2.70. The molecule has 0 bridgehead atoms. The van der Waals surface area contributed by atoms with E-state index in [4.69, 9.17) is 4.98 Å². The molecule has 2 fully saturated rings. The van der Waals surface area contributed by atoms with E-state index in [1.807, 2.05) is 84.9 Å². The number of rotatable bonds is 2. The first-order valence-electron chi connectivity index (χ1n) is 13.7. The van der Waals surface area contributed by atoms with Crippen LogP contribution < -0.4 is 15.8 Å². The molecule has 7 heteroatoms. The van der Waals surface area contributed by atoms with E-state index in [9.17, 15) is 14.4 Å². The van der Waals surface area contributed by atoms with Crippen molar-refractivity contribution >= 4 is 39.2 Å². The summed E-state index contributed by atoms with van der Waals surface area (Å²) in [5.74, 6) is -1.34. The van der Waals surface area contributed by atoms with E-state index in [0.717, 1.165) is 16.3 Å². The lowest BCUT2D eigenvalue weighted by Gasteiger charge is -2.32. The molecule has 3 aliphatic rings. The number of aromatic nitrogens is 2. The number of benzene rings is 4. The molecule has 1 N–H and O–H groups in total. The zero-order valence-electron chi connectivity index (χ0n) is 22.0. The fourth-order valence-corrected chi connectivity index (χ4v) is 7.29. The van der Waals surface area contributed by atoms with E-state index in [0.29, 0.717) is 28.1 Å². The van der Waals surface area contributed by atoms with E-state index in [-0.39, 0.29) is 29.3 Å². The molecule has 4 aromatic carbocycles. The number of nitrogens with zero attached hydrogens (tertiary/aromatic N) is 3. The molecule has 2 amide bonds. The third kappa shape index (κ3) is 2.77. The Hall–Kier alpha value is -4.62. The molecular weight excluding hydrogens is 500 g/mol. The second kappa shape index (κ2) is 7.96. The van der Waals surface area contributed by atoms with Crippen molar-refractivity contribution < 1.29 is 9.59 Å². The number of hydrogen-bond acceptors (Lipinski definition) is 5. The second-order valence-corrected chi connectivity index (χ2v) is 11.4. The number of para-hydroxylation sites is 2. The molecule has 1 spiro atoms. The molecule has 7 nitrogen and oxygen atoms in total. The molecule has 4 heterocycles. The molecule has 2 saturated heterocycles. The fraction of sp³-hybridized carbons (Fsp3) is 0.212. The van der Waals surface area contributed by atoms with Gasteiger partial charge in [0.2, 0.25) is 11.8 Å². The van der Waals surface area contributed by atoms with Crippen LogP contribution in [-0.2, 0) is 15.1 Å². The zero-order chi connectivity index (χ0) is 27.3. The second-order valence-electron chi connectivity index (χ2n) is 11.4. The first-order valence-corrected chi connectivity index (χ1v) is 13.7. The first-order chi connectivity index (χ1) is 19.4. The summed E-state index contributed by atoms with van der Waals surface area (Å²) in [6.45, 7) is 4.12. The Labute approximate surface area is 230 Å². The van der Waals surface area contributed by atoms with Crippen LogP contribution >= 0.6 is 0 Å². The van der Waals surface area contributed by atoms with Gasteiger partial charge < -0.3 is 0 Å². The van der Waals surface area contributed by atoms with Gasteiger partial charge in [0.25, 0.3) is 5.56 Å². The summed E-state index contributed by atoms with van der Waals surface area (Å²) in [5, 5.41) is 6.26. The van der Waals surface area contributed by atoms with Gasteiger partial charge in [-0.05, 0) is 47.0 Å². The van der Waals surface area contributed by atoms with E-state index in [1.54, 1.807) is 10.6 Å². The lowest BCUT2D eigenvalue weighted by atomic mass is 9.75. The van der Waals surface area contributed by atoms with Crippen LogP contribution in [0.2, 0.25) is 0 Å². The maximum atomic E-state index is 14.6. The number of imide groups is 1. The summed E-state index contributed by atoms with van der Waals surface area (Å²) in [4.78, 5) is 49.2. The molecule has 196 valence electrons. The van der Waals surface area contributed by atoms with Crippen molar-refractivity contribution in [2.45, 2.75) is 25.4 Å². The molecule has 0 aliphatic carbocycles. The molecule has 0 unspecified atom stereocenters. The average molecular weight is 527 g/mol. The summed E-state index contributed by atoms with van der Waals surface area (Å²) < 4.78 is 1.64. The van der Waals surface area contributed by atoms with Crippen molar-refractivity contribution in [3.63, 3.8) is 0 Å². The van der Waals surface area contributed by atoms with Crippen molar-refractivity contribution in [1.82, 2.24) is 14.9 Å². The topological polar surface area (TPSA) is 84.3 Å². The van der Waals surface area contributed by atoms with Crippen molar-refractivity contribution in [2.24, 2.45) is 17.8 Å². The minimum absolute atomic E-state index is 0.0496. The third-order valence-corrected chi connectivity index (χ3v) is 9.01. The monoisotopic (exact) mass is 526 g/mol. The number of nitrogens with one attached hydrogen (secondary N) is 1. The van der Waals surface area contributed by atoms with Gasteiger partial charge in [0.1, 0.15) is 11.4 Å². The highest BCUT2D eigenvalue weighted by atomic mass is 16.2. The van der Waals surface area contributed by atoms with E-state index in [1.165, 1.54) is 4.90 Å². The quantitative estimate of drug-likeness (QED) is 0.342. The summed E-state index contributed by atoms with van der Waals surface area (Å²) in [7, 11) is 0. The Kier molecular flexibility index (Phi) is 4.63. The Morgan fingerprint density at radius 2 is 1.55 bits per heavy atom. The predicted octanol–water partition coefficient (Wildman–Crippen LogP) is 4.53. The standard InChI is InChI=1S/C33H26N4O3/c1-18(2)28-26-27(31(40)36(30(26)39)21-16-15-19-9-3-4-10-20(19)17-21)33(35-28)23-12-6-8-14-25(23)37-29(38)22-11-5-7-13-24(22)34-32(33)37/h3-18,26-28,35H,1-2H3/t26-,27-,28+,33+/m1/s1. The first kappa shape index (κ1) is 23.3. The smallest absolute Gasteiger partial charge is 0.266 e. The van der Waals surface area contributed by atoms with Crippen molar-refractivity contribution in [3.8, 4) is 5.69 Å². The Morgan fingerprint density at radius 3 is 2.38 bits per heavy atom. The summed E-state index contributed by atoms with van der Waals surface area (Å²) >= 11 is 0. The molecule has 0 saturated carbocycles. The minimum Gasteiger partial charge on any atom is -0.296 e. The fourth-order valence-electron chi connectivity index (χ4n) is 7.29. The normalized spacial score (nSPS) is 24.9. The summed E-state index contributed by atoms with van der Waals surface area (Å²) in [6.07, 6.45) is 0. The highest BCUT2D eigenvalue weighted by molar-refractivity contribution is 6.23. The minimum atomic E-state index is -1.13. The van der Waals surface area contributed by atoms with Gasteiger partial charge in [-0.25, -0.2) is 9.88 Å². The van der Waals surface area contributed by atoms with Gasteiger partial charge in [0.05, 0.1) is 34.1 Å². The number of fused-ring (bicyclic) bond motifs is 9. The van der Waals surface area contributed by atoms with E-state index >= 15 is 0 Å².